The van der Waals surface area contributed by atoms with Gasteiger partial charge in [0.15, 0.2) is 10.9 Å². The lowest BCUT2D eigenvalue weighted by atomic mass is 10.0. The number of ether oxygens (including phenoxy) is 4. The van der Waals surface area contributed by atoms with Gasteiger partial charge in [-0.1, -0.05) is 25.0 Å². The van der Waals surface area contributed by atoms with Gasteiger partial charge >= 0.3 is 0 Å². The molecule has 1 aliphatic heterocycles. The van der Waals surface area contributed by atoms with Crippen LogP contribution in [-0.2, 0) is 28.5 Å². The lowest BCUT2D eigenvalue weighted by Crippen LogP contribution is -2.49. The monoisotopic (exact) mass is 952 g/mol. The largest absolute Gasteiger partial charge is 0.379 e. The predicted octanol–water partition coefficient (Wildman–Crippen LogP) is 6.02. The summed E-state index contributed by atoms with van der Waals surface area (Å²) in [5, 5.41) is 9.96. The molecule has 362 valence electrons. The fourth-order valence-electron chi connectivity index (χ4n) is 8.22. The molecular weight excluding hydrogens is 893 g/mol. The summed E-state index contributed by atoms with van der Waals surface area (Å²) in [4.78, 5) is 87.6. The van der Waals surface area contributed by atoms with E-state index in [1.807, 2.05) is 30.9 Å². The lowest BCUT2D eigenvalue weighted by molar-refractivity contribution is -0.132. The number of carbonyl (C=O) groups is 4. The Balaban J connectivity index is 0.713. The number of nitrogens with zero attached hydrogens (tertiary/aromatic N) is 7. The van der Waals surface area contributed by atoms with Crippen molar-refractivity contribution in [1.29, 1.82) is 0 Å². The van der Waals surface area contributed by atoms with Gasteiger partial charge in [0.25, 0.3) is 11.5 Å². The number of para-hydroxylation sites is 1. The zero-order chi connectivity index (χ0) is 48.0. The first kappa shape index (κ1) is 49.7. The van der Waals surface area contributed by atoms with Gasteiger partial charge in [-0.2, -0.15) is 4.98 Å². The second-order valence-corrected chi connectivity index (χ2v) is 17.9. The summed E-state index contributed by atoms with van der Waals surface area (Å²) in [6.45, 7) is 12.2. The molecular formula is C48H60N10O9S. The Labute approximate surface area is 399 Å². The molecule has 68 heavy (non-hydrogen) atoms. The first-order valence-corrected chi connectivity index (χ1v) is 23.9. The van der Waals surface area contributed by atoms with Crippen LogP contribution in [0.15, 0.2) is 53.6 Å². The number of pyridine rings is 2. The Morgan fingerprint density at radius 1 is 0.765 bits per heavy atom. The third-order valence-corrected chi connectivity index (χ3v) is 13.0. The second kappa shape index (κ2) is 24.2. The second-order valence-electron chi connectivity index (χ2n) is 16.7. The summed E-state index contributed by atoms with van der Waals surface area (Å²) in [5.41, 5.74) is 3.57. The van der Waals surface area contributed by atoms with E-state index in [0.29, 0.717) is 117 Å². The van der Waals surface area contributed by atoms with Crippen LogP contribution in [0.25, 0.3) is 11.0 Å². The van der Waals surface area contributed by atoms with Crippen LogP contribution in [0.3, 0.4) is 0 Å². The maximum atomic E-state index is 13.6. The molecule has 2 fully saturated rings. The van der Waals surface area contributed by atoms with Crippen molar-refractivity contribution < 1.29 is 38.1 Å². The minimum absolute atomic E-state index is 0.00895. The lowest BCUT2D eigenvalue weighted by Gasteiger charge is -2.36. The SMILES string of the molecule is CC(=O)c1c(C)c2cnc(Nc3ccc(N4CCN(C(=O)CCOCCOCCOCCOCCC(=O)Nc5ccccc5C(=O)Nc5nc(C)c(C)s5)CC4)cn3)nc2n(C2CCCC2)c1=O. The van der Waals surface area contributed by atoms with Gasteiger partial charge in [0.05, 0.1) is 100 Å². The molecule has 1 saturated carbocycles. The third kappa shape index (κ3) is 13.1. The number of aryl methyl sites for hydroxylation is 3. The number of benzene rings is 1. The average Bonchev–Trinajstić information content (AvgIpc) is 3.97. The van der Waals surface area contributed by atoms with Gasteiger partial charge in [0, 0.05) is 48.7 Å². The van der Waals surface area contributed by atoms with E-state index in [1.54, 1.807) is 48.1 Å². The molecule has 1 aromatic carbocycles. The Morgan fingerprint density at radius 3 is 2.06 bits per heavy atom. The smallest absolute Gasteiger partial charge is 0.263 e. The Kier molecular flexibility index (Phi) is 17.7. The van der Waals surface area contributed by atoms with Gasteiger partial charge in [-0.3, -0.25) is 33.9 Å². The van der Waals surface area contributed by atoms with Crippen molar-refractivity contribution in [2.45, 2.75) is 72.3 Å². The number of nitrogens with one attached hydrogen (secondary N) is 3. The van der Waals surface area contributed by atoms with E-state index in [1.165, 1.54) is 18.3 Å². The molecule has 20 heteroatoms. The van der Waals surface area contributed by atoms with E-state index in [-0.39, 0.29) is 60.1 Å². The van der Waals surface area contributed by atoms with Crippen molar-refractivity contribution >= 4 is 74.1 Å². The highest BCUT2D eigenvalue weighted by Crippen LogP contribution is 2.32. The number of Topliss-reactive ketones (excluding diaryl/α,β-unsaturated/α-hetero) is 1. The number of ketones is 1. The van der Waals surface area contributed by atoms with Gasteiger partial charge in [0.2, 0.25) is 17.8 Å². The van der Waals surface area contributed by atoms with Crippen LogP contribution in [-0.4, -0.2) is 132 Å². The minimum atomic E-state index is -0.350. The number of rotatable bonds is 23. The number of hydrogen-bond donors (Lipinski definition) is 3. The number of piperazine rings is 1. The Bertz CT molecular complexity index is 2590. The van der Waals surface area contributed by atoms with Crippen LogP contribution in [0.2, 0.25) is 0 Å². The number of thiazole rings is 1. The van der Waals surface area contributed by atoms with E-state index >= 15 is 0 Å². The van der Waals surface area contributed by atoms with Crippen molar-refractivity contribution in [3.8, 4) is 0 Å². The van der Waals surface area contributed by atoms with Gasteiger partial charge < -0.3 is 39.4 Å². The number of fused-ring (bicyclic) bond motifs is 1. The van der Waals surface area contributed by atoms with E-state index in [4.69, 9.17) is 23.9 Å². The zero-order valence-electron chi connectivity index (χ0n) is 39.1. The van der Waals surface area contributed by atoms with Crippen molar-refractivity contribution in [2.75, 3.05) is 99.9 Å². The summed E-state index contributed by atoms with van der Waals surface area (Å²) in [6, 6.07) is 10.6. The van der Waals surface area contributed by atoms with E-state index in [9.17, 15) is 24.0 Å². The summed E-state index contributed by atoms with van der Waals surface area (Å²) >= 11 is 1.40. The van der Waals surface area contributed by atoms with Crippen LogP contribution in [0, 0.1) is 20.8 Å². The van der Waals surface area contributed by atoms with Crippen molar-refractivity contribution in [3.63, 3.8) is 0 Å². The summed E-state index contributed by atoms with van der Waals surface area (Å²) < 4.78 is 24.0. The molecule has 0 spiro atoms. The predicted molar refractivity (Wildman–Crippen MR) is 259 cm³/mol. The quantitative estimate of drug-likeness (QED) is 0.0504. The van der Waals surface area contributed by atoms with E-state index < -0.39 is 0 Å². The van der Waals surface area contributed by atoms with Crippen LogP contribution >= 0.6 is 11.3 Å². The van der Waals surface area contributed by atoms with Gasteiger partial charge in [-0.05, 0) is 70.4 Å². The number of aromatic nitrogens is 5. The fourth-order valence-corrected chi connectivity index (χ4v) is 9.03. The zero-order valence-corrected chi connectivity index (χ0v) is 40.0. The highest BCUT2D eigenvalue weighted by atomic mass is 32.1. The molecule has 3 amide bonds. The average molecular weight is 953 g/mol. The first-order valence-electron chi connectivity index (χ1n) is 23.1. The molecule has 0 radical (unpaired) electrons. The normalized spacial score (nSPS) is 14.1. The molecule has 5 aromatic rings. The van der Waals surface area contributed by atoms with Gasteiger partial charge in [-0.15, -0.1) is 11.3 Å². The van der Waals surface area contributed by atoms with E-state index in [2.05, 4.69) is 35.8 Å². The number of carbonyl (C=O) groups excluding carboxylic acids is 4. The molecule has 19 nitrogen and oxygen atoms in total. The Morgan fingerprint density at radius 2 is 1.43 bits per heavy atom. The molecule has 4 aromatic heterocycles. The van der Waals surface area contributed by atoms with Crippen LogP contribution in [0.4, 0.5) is 28.3 Å². The molecule has 7 rings (SSSR count). The Hall–Kier alpha value is -6.19. The number of amides is 3. The molecule has 0 unspecified atom stereocenters. The van der Waals surface area contributed by atoms with Gasteiger partial charge in [-0.25, -0.2) is 15.0 Å². The van der Waals surface area contributed by atoms with E-state index in [0.717, 1.165) is 41.9 Å². The minimum Gasteiger partial charge on any atom is -0.379 e. The summed E-state index contributed by atoms with van der Waals surface area (Å²) in [7, 11) is 0. The molecule has 1 saturated heterocycles. The standard InChI is InChI=1S/C48H60N10O9S/c1-31-38-30-50-47(54-44(38)58(35-9-5-6-10-35)46(63)43(31)33(3)59)53-40-14-13-36(29-49-40)56-17-19-57(20-18-56)42(61)16-22-65-24-26-67-28-27-66-25-23-64-21-15-41(60)52-39-12-8-7-11-37(39)45(62)55-48-51-32(2)34(4)68-48/h7-8,11-14,29-30,35H,5-6,9-10,15-28H2,1-4H3,(H,52,60)(H,51,55,62)(H,49,50,53,54). The topological polar surface area (TPSA) is 221 Å². The molecule has 3 N–H and O–H groups in total. The third-order valence-electron chi connectivity index (χ3n) is 12.0. The molecule has 5 heterocycles. The van der Waals surface area contributed by atoms with Crippen molar-refractivity contribution in [2.24, 2.45) is 0 Å². The highest BCUT2D eigenvalue weighted by Gasteiger charge is 2.26. The maximum absolute atomic E-state index is 13.6. The maximum Gasteiger partial charge on any atom is 0.263 e. The summed E-state index contributed by atoms with van der Waals surface area (Å²) in [5.74, 6) is 0.0262. The number of hydrogen-bond acceptors (Lipinski definition) is 16. The highest BCUT2D eigenvalue weighted by molar-refractivity contribution is 7.15. The first-order chi connectivity index (χ1) is 33.0. The van der Waals surface area contributed by atoms with Crippen molar-refractivity contribution in [3.05, 3.63) is 86.4 Å². The van der Waals surface area contributed by atoms with Crippen LogP contribution < -0.4 is 26.4 Å². The summed E-state index contributed by atoms with van der Waals surface area (Å²) in [6.07, 6.45) is 7.63. The number of anilines is 5. The van der Waals surface area contributed by atoms with Gasteiger partial charge in [0.1, 0.15) is 11.5 Å². The fraction of sp³-hybridized carbons (Fsp3) is 0.479. The molecule has 1 aliphatic carbocycles. The van der Waals surface area contributed by atoms with Crippen molar-refractivity contribution in [1.82, 2.24) is 29.4 Å². The molecule has 0 atom stereocenters. The van der Waals surface area contributed by atoms with Crippen LogP contribution in [0.1, 0.15) is 88.3 Å². The van der Waals surface area contributed by atoms with Crippen LogP contribution in [0.5, 0.6) is 0 Å². The molecule has 2 aliphatic rings. The molecule has 0 bridgehead atoms.